The molecule has 0 aliphatic rings. The fourth-order valence-electron chi connectivity index (χ4n) is 4.91. The molecule has 0 amide bonds. The van der Waals surface area contributed by atoms with E-state index in [1.54, 1.807) is 12.2 Å². The van der Waals surface area contributed by atoms with Gasteiger partial charge in [-0.2, -0.15) is 0 Å². The van der Waals surface area contributed by atoms with E-state index in [-0.39, 0.29) is 25.2 Å². The predicted octanol–water partition coefficient (Wildman–Crippen LogP) is 11.2. The van der Waals surface area contributed by atoms with Crippen LogP contribution in [0.15, 0.2) is 85.1 Å². The first-order chi connectivity index (χ1) is 25.7. The van der Waals surface area contributed by atoms with Crippen LogP contribution in [0.5, 0.6) is 0 Å². The van der Waals surface area contributed by atoms with Crippen molar-refractivity contribution in [2.24, 2.45) is 0 Å². The molecule has 0 heterocycles. The first-order valence-electron chi connectivity index (χ1n) is 19.8. The van der Waals surface area contributed by atoms with E-state index in [9.17, 15) is 18.9 Å². The molecule has 9 nitrogen and oxygen atoms in total. The summed E-state index contributed by atoms with van der Waals surface area (Å²) in [4.78, 5) is 54.7. The van der Waals surface area contributed by atoms with Crippen LogP contribution >= 0.6 is 7.82 Å². The van der Waals surface area contributed by atoms with E-state index in [2.05, 4.69) is 85.2 Å². The molecule has 0 unspecified atom stereocenters. The third-order valence-corrected chi connectivity index (χ3v) is 8.36. The monoisotopic (exact) mass is 760 g/mol. The van der Waals surface area contributed by atoms with Crippen molar-refractivity contribution in [1.29, 1.82) is 0 Å². The van der Waals surface area contributed by atoms with Crippen molar-refractivity contribution in [2.45, 2.75) is 155 Å². The Morgan fingerprint density at radius 3 is 1.68 bits per heavy atom. The normalized spacial score (nSPS) is 13.3. The van der Waals surface area contributed by atoms with Gasteiger partial charge in [-0.25, -0.2) is 4.57 Å². The zero-order valence-electron chi connectivity index (χ0n) is 32.6. The van der Waals surface area contributed by atoms with Crippen molar-refractivity contribution in [2.75, 3.05) is 13.2 Å². The van der Waals surface area contributed by atoms with E-state index in [0.717, 1.165) is 83.5 Å². The Kier molecular flexibility index (Phi) is 35.0. The van der Waals surface area contributed by atoms with E-state index < -0.39 is 32.5 Å². The van der Waals surface area contributed by atoms with Crippen molar-refractivity contribution in [1.82, 2.24) is 0 Å². The summed E-state index contributed by atoms with van der Waals surface area (Å²) in [5.41, 5.74) is 0. The number of esters is 2. The van der Waals surface area contributed by atoms with Gasteiger partial charge in [-0.3, -0.25) is 18.9 Å². The molecule has 0 aliphatic heterocycles. The van der Waals surface area contributed by atoms with Gasteiger partial charge in [0, 0.05) is 19.3 Å². The highest BCUT2D eigenvalue weighted by Crippen LogP contribution is 2.36. The number of allylic oxidation sites excluding steroid dienone is 14. The van der Waals surface area contributed by atoms with Gasteiger partial charge in [0.2, 0.25) is 0 Å². The molecule has 0 saturated carbocycles. The largest absolute Gasteiger partial charge is 0.469 e. The Labute approximate surface area is 320 Å². The molecule has 0 aromatic heterocycles. The minimum absolute atomic E-state index is 0.113. The molecule has 10 heteroatoms. The zero-order valence-corrected chi connectivity index (χ0v) is 33.5. The van der Waals surface area contributed by atoms with Crippen LogP contribution in [-0.4, -0.2) is 46.8 Å². The van der Waals surface area contributed by atoms with Gasteiger partial charge in [-0.05, 0) is 83.1 Å². The maximum Gasteiger partial charge on any atom is 0.469 e. The fourth-order valence-corrected chi connectivity index (χ4v) is 5.27. The van der Waals surface area contributed by atoms with Crippen LogP contribution in [0, 0.1) is 0 Å². The highest BCUT2D eigenvalue weighted by atomic mass is 31.2. The van der Waals surface area contributed by atoms with Crippen LogP contribution in [0.2, 0.25) is 0 Å². The van der Waals surface area contributed by atoms with Crippen LogP contribution in [-0.2, 0) is 32.9 Å². The summed E-state index contributed by atoms with van der Waals surface area (Å²) in [6, 6.07) is 0. The molecule has 0 spiro atoms. The van der Waals surface area contributed by atoms with Crippen LogP contribution in [0.4, 0.5) is 0 Å². The number of hydrogen-bond acceptors (Lipinski definition) is 7. The van der Waals surface area contributed by atoms with E-state index in [1.165, 1.54) is 19.3 Å². The van der Waals surface area contributed by atoms with E-state index in [4.69, 9.17) is 19.3 Å². The molecule has 0 saturated heterocycles. The third-order valence-electron chi connectivity index (χ3n) is 7.87. The second-order valence-corrected chi connectivity index (χ2v) is 14.1. The Morgan fingerprint density at radius 2 is 1.08 bits per heavy atom. The molecular formula is C43H69O9P. The van der Waals surface area contributed by atoms with Gasteiger partial charge in [-0.1, -0.05) is 131 Å². The number of phosphoric acid groups is 1. The average molecular weight is 761 g/mol. The zero-order chi connectivity index (χ0) is 39.1. The van der Waals surface area contributed by atoms with Crippen LogP contribution in [0.1, 0.15) is 149 Å². The molecule has 0 fully saturated rings. The smallest absolute Gasteiger partial charge is 0.462 e. The molecule has 0 rings (SSSR count). The van der Waals surface area contributed by atoms with Crippen LogP contribution in [0.25, 0.3) is 0 Å². The standard InChI is InChI=1S/C43H69O9P/c1-3-5-7-9-11-12-13-14-15-16-17-18-19-20-21-22-24-28-33-37-43(46)52-41(39-51-53(47,48)49)38-50-42(45)36-32-29-25-27-31-35-40(44)34-30-26-23-10-8-6-4-2/h5,7,11-12,14-15,17-18,20-21,23,26,30,34,41H,3-4,6,8-10,13,16,19,22,24-25,27-29,31-33,35-39H2,1-2H3,(H2,47,48,49)/b7-5-,12-11-,15-14-,18-17-,21-20-,26-23-,34-30+/t41-/m1/s1. The van der Waals surface area contributed by atoms with Gasteiger partial charge in [0.1, 0.15) is 6.61 Å². The summed E-state index contributed by atoms with van der Waals surface area (Å²) >= 11 is 0. The second kappa shape index (κ2) is 37.2. The predicted molar refractivity (Wildman–Crippen MR) is 216 cm³/mol. The van der Waals surface area contributed by atoms with Crippen molar-refractivity contribution >= 4 is 25.5 Å². The summed E-state index contributed by atoms with van der Waals surface area (Å²) in [7, 11) is -4.80. The Hall–Kier alpha value is -3.10. The molecule has 53 heavy (non-hydrogen) atoms. The number of phosphoric ester groups is 1. The number of ether oxygens (including phenoxy) is 2. The topological polar surface area (TPSA) is 136 Å². The maximum atomic E-state index is 12.4. The van der Waals surface area contributed by atoms with Gasteiger partial charge in [-0.15, -0.1) is 0 Å². The van der Waals surface area contributed by atoms with Crippen molar-refractivity contribution in [3.8, 4) is 0 Å². The number of carbonyl (C=O) groups excluding carboxylic acids is 3. The quantitative estimate of drug-likeness (QED) is 0.0161. The van der Waals surface area contributed by atoms with Gasteiger partial charge in [0.05, 0.1) is 6.61 Å². The summed E-state index contributed by atoms with van der Waals surface area (Å²) < 4.78 is 26.2. The highest BCUT2D eigenvalue weighted by Gasteiger charge is 2.22. The van der Waals surface area contributed by atoms with Gasteiger partial charge < -0.3 is 19.3 Å². The first-order valence-corrected chi connectivity index (χ1v) is 21.4. The first kappa shape index (κ1) is 49.9. The Bertz CT molecular complexity index is 1190. The number of carbonyl (C=O) groups is 3. The van der Waals surface area contributed by atoms with Gasteiger partial charge >= 0.3 is 19.8 Å². The Morgan fingerprint density at radius 1 is 0.566 bits per heavy atom. The molecule has 0 aromatic rings. The molecule has 0 radical (unpaired) electrons. The minimum atomic E-state index is -4.80. The minimum Gasteiger partial charge on any atom is -0.462 e. The fraction of sp³-hybridized carbons (Fsp3) is 0.605. The van der Waals surface area contributed by atoms with Gasteiger partial charge in [0.15, 0.2) is 11.9 Å². The molecule has 2 N–H and O–H groups in total. The Balaban J connectivity index is 4.13. The average Bonchev–Trinajstić information content (AvgIpc) is 3.12. The molecular weight excluding hydrogens is 691 g/mol. The molecule has 0 bridgehead atoms. The molecule has 0 aromatic carbocycles. The lowest BCUT2D eigenvalue weighted by Gasteiger charge is -2.18. The number of hydrogen-bond donors (Lipinski definition) is 2. The second-order valence-electron chi connectivity index (χ2n) is 12.9. The van der Waals surface area contributed by atoms with Crippen LogP contribution in [0.3, 0.4) is 0 Å². The van der Waals surface area contributed by atoms with E-state index in [1.807, 2.05) is 6.08 Å². The summed E-state index contributed by atoms with van der Waals surface area (Å²) in [5.74, 6) is -0.912. The third kappa shape index (κ3) is 39.9. The van der Waals surface area contributed by atoms with E-state index >= 15 is 0 Å². The summed E-state index contributed by atoms with van der Waals surface area (Å²) in [5, 5.41) is 0. The SMILES string of the molecule is CC/C=C\C/C=C\C/C=C\C/C=C\C/C=C\CCCCCC(=O)O[C@H](COC(=O)CCCCCCCC(=O)/C=C/C=C\CCCCC)COP(=O)(O)O. The van der Waals surface area contributed by atoms with Crippen molar-refractivity contribution < 1.29 is 42.7 Å². The lowest BCUT2D eigenvalue weighted by molar-refractivity contribution is -0.161. The maximum absolute atomic E-state index is 12.4. The molecule has 0 aliphatic carbocycles. The molecule has 1 atom stereocenters. The summed E-state index contributed by atoms with van der Waals surface area (Å²) in [6.45, 7) is 3.37. The lowest BCUT2D eigenvalue weighted by atomic mass is 10.1. The number of rotatable bonds is 35. The number of unbranched alkanes of at least 4 members (excludes halogenated alkanes) is 10. The van der Waals surface area contributed by atoms with Crippen molar-refractivity contribution in [3.05, 3.63) is 85.1 Å². The highest BCUT2D eigenvalue weighted by molar-refractivity contribution is 7.46. The molecule has 300 valence electrons. The summed E-state index contributed by atoms with van der Waals surface area (Å²) in [6.07, 6.45) is 45.5. The van der Waals surface area contributed by atoms with Crippen LogP contribution < -0.4 is 0 Å². The lowest BCUT2D eigenvalue weighted by Crippen LogP contribution is -2.29. The van der Waals surface area contributed by atoms with Crippen molar-refractivity contribution in [3.63, 3.8) is 0 Å². The van der Waals surface area contributed by atoms with Gasteiger partial charge in [0.25, 0.3) is 0 Å². The number of ketones is 1. The van der Waals surface area contributed by atoms with E-state index in [0.29, 0.717) is 19.3 Å².